The Hall–Kier alpha value is -1.04. The highest BCUT2D eigenvalue weighted by Crippen LogP contribution is 2.21. The van der Waals surface area contributed by atoms with E-state index in [2.05, 4.69) is 15.9 Å². The van der Waals surface area contributed by atoms with Crippen LogP contribution in [0.5, 0.6) is 0 Å². The minimum absolute atomic E-state index is 0.0177. The number of rotatable bonds is 3. The van der Waals surface area contributed by atoms with E-state index in [9.17, 15) is 18.0 Å². The van der Waals surface area contributed by atoms with Crippen molar-refractivity contribution in [3.8, 4) is 0 Å². The average Bonchev–Trinajstić information content (AvgIpc) is 2.27. The Morgan fingerprint density at radius 3 is 2.44 bits per heavy atom. The Morgan fingerprint density at radius 1 is 1.39 bits per heavy atom. The summed E-state index contributed by atoms with van der Waals surface area (Å²) in [6.45, 7) is 2.15. The van der Waals surface area contributed by atoms with E-state index in [0.717, 1.165) is 10.5 Å². The molecular weight excluding hydrogens is 311 g/mol. The first kappa shape index (κ1) is 15.0. The molecule has 0 spiro atoms. The third kappa shape index (κ3) is 4.01. The summed E-state index contributed by atoms with van der Waals surface area (Å²) in [6, 6.07) is 4.76. The van der Waals surface area contributed by atoms with Crippen LogP contribution in [0.2, 0.25) is 0 Å². The van der Waals surface area contributed by atoms with Crippen LogP contribution in [0, 0.1) is 6.92 Å². The standard InChI is InChI=1S/C12H13BrF3NO/c1-3-17(7-12(14,15)16)11(18)9-5-4-8(2)10(13)6-9/h4-6H,3,7H2,1-2H3. The fourth-order valence-corrected chi connectivity index (χ4v) is 1.83. The van der Waals surface area contributed by atoms with Gasteiger partial charge in [0.25, 0.3) is 5.91 Å². The van der Waals surface area contributed by atoms with Gasteiger partial charge >= 0.3 is 6.18 Å². The van der Waals surface area contributed by atoms with Crippen molar-refractivity contribution in [1.82, 2.24) is 4.90 Å². The summed E-state index contributed by atoms with van der Waals surface area (Å²) in [6.07, 6.45) is -4.38. The molecule has 0 aliphatic heterocycles. The number of carbonyl (C=O) groups excluding carboxylic acids is 1. The summed E-state index contributed by atoms with van der Waals surface area (Å²) in [5, 5.41) is 0. The van der Waals surface area contributed by atoms with E-state index < -0.39 is 18.6 Å². The number of hydrogen-bond acceptors (Lipinski definition) is 1. The van der Waals surface area contributed by atoms with E-state index >= 15 is 0 Å². The van der Waals surface area contributed by atoms with Crippen molar-refractivity contribution in [3.05, 3.63) is 33.8 Å². The van der Waals surface area contributed by atoms with Crippen LogP contribution in [-0.4, -0.2) is 30.1 Å². The second kappa shape index (κ2) is 5.73. The quantitative estimate of drug-likeness (QED) is 0.829. The van der Waals surface area contributed by atoms with Crippen molar-refractivity contribution < 1.29 is 18.0 Å². The van der Waals surface area contributed by atoms with Gasteiger partial charge in [-0.05, 0) is 31.5 Å². The zero-order valence-corrected chi connectivity index (χ0v) is 11.6. The molecule has 1 amide bonds. The number of amides is 1. The summed E-state index contributed by atoms with van der Waals surface area (Å²) in [5.74, 6) is -0.615. The van der Waals surface area contributed by atoms with Gasteiger partial charge in [-0.25, -0.2) is 0 Å². The molecule has 0 saturated heterocycles. The minimum atomic E-state index is -4.38. The van der Waals surface area contributed by atoms with Crippen LogP contribution in [0.4, 0.5) is 13.2 Å². The van der Waals surface area contributed by atoms with Gasteiger partial charge in [0.2, 0.25) is 0 Å². The van der Waals surface area contributed by atoms with Gasteiger partial charge in [0.05, 0.1) is 0 Å². The monoisotopic (exact) mass is 323 g/mol. The molecule has 0 saturated carbocycles. The molecule has 1 aromatic rings. The van der Waals surface area contributed by atoms with Gasteiger partial charge < -0.3 is 4.90 Å². The number of nitrogens with zero attached hydrogens (tertiary/aromatic N) is 1. The predicted octanol–water partition coefficient (Wildman–Crippen LogP) is 3.78. The normalized spacial score (nSPS) is 11.4. The maximum atomic E-state index is 12.3. The van der Waals surface area contributed by atoms with Crippen molar-refractivity contribution in [2.75, 3.05) is 13.1 Å². The van der Waals surface area contributed by atoms with E-state index in [1.807, 2.05) is 6.92 Å². The summed E-state index contributed by atoms with van der Waals surface area (Å²) in [4.78, 5) is 12.7. The second-order valence-corrected chi connectivity index (χ2v) is 4.75. The Labute approximate surface area is 112 Å². The first-order valence-electron chi connectivity index (χ1n) is 5.36. The molecule has 0 atom stereocenters. The molecule has 0 radical (unpaired) electrons. The lowest BCUT2D eigenvalue weighted by atomic mass is 10.1. The number of alkyl halides is 3. The van der Waals surface area contributed by atoms with Gasteiger partial charge in [0.15, 0.2) is 0 Å². The Morgan fingerprint density at radius 2 is 2.00 bits per heavy atom. The van der Waals surface area contributed by atoms with Crippen LogP contribution in [0.25, 0.3) is 0 Å². The molecule has 0 N–H and O–H groups in total. The van der Waals surface area contributed by atoms with Gasteiger partial charge in [0.1, 0.15) is 6.54 Å². The molecule has 1 rings (SSSR count). The maximum absolute atomic E-state index is 12.3. The summed E-state index contributed by atoms with van der Waals surface area (Å²) in [5.41, 5.74) is 1.17. The number of halogens is 4. The van der Waals surface area contributed by atoms with E-state index in [4.69, 9.17) is 0 Å². The molecule has 2 nitrogen and oxygen atoms in total. The molecule has 6 heteroatoms. The highest BCUT2D eigenvalue weighted by atomic mass is 79.9. The summed E-state index contributed by atoms with van der Waals surface area (Å²) in [7, 11) is 0. The lowest BCUT2D eigenvalue weighted by Crippen LogP contribution is -2.38. The maximum Gasteiger partial charge on any atom is 0.406 e. The SMILES string of the molecule is CCN(CC(F)(F)F)C(=O)c1ccc(C)c(Br)c1. The topological polar surface area (TPSA) is 20.3 Å². The van der Waals surface area contributed by atoms with Gasteiger partial charge in [-0.15, -0.1) is 0 Å². The molecule has 0 aliphatic rings. The first-order valence-corrected chi connectivity index (χ1v) is 6.16. The number of hydrogen-bond donors (Lipinski definition) is 0. The lowest BCUT2D eigenvalue weighted by molar-refractivity contribution is -0.140. The van der Waals surface area contributed by atoms with E-state index in [1.54, 1.807) is 6.07 Å². The summed E-state index contributed by atoms with van der Waals surface area (Å²) >= 11 is 3.25. The van der Waals surface area contributed by atoms with Crippen molar-refractivity contribution >= 4 is 21.8 Å². The molecular formula is C12H13BrF3NO. The minimum Gasteiger partial charge on any atom is -0.330 e. The van der Waals surface area contributed by atoms with Crippen LogP contribution in [0.3, 0.4) is 0 Å². The molecule has 0 aliphatic carbocycles. The molecule has 0 fully saturated rings. The average molecular weight is 324 g/mol. The largest absolute Gasteiger partial charge is 0.406 e. The van der Waals surface area contributed by atoms with Gasteiger partial charge in [-0.3, -0.25) is 4.79 Å². The molecule has 18 heavy (non-hydrogen) atoms. The van der Waals surface area contributed by atoms with Crippen molar-refractivity contribution in [1.29, 1.82) is 0 Å². The van der Waals surface area contributed by atoms with Crippen molar-refractivity contribution in [2.45, 2.75) is 20.0 Å². The third-order valence-corrected chi connectivity index (χ3v) is 3.31. The van der Waals surface area contributed by atoms with Crippen LogP contribution in [0.1, 0.15) is 22.8 Å². The Bertz CT molecular complexity index is 445. The zero-order valence-electron chi connectivity index (χ0n) is 10.0. The highest BCUT2D eigenvalue weighted by Gasteiger charge is 2.32. The van der Waals surface area contributed by atoms with E-state index in [0.29, 0.717) is 4.47 Å². The van der Waals surface area contributed by atoms with Crippen LogP contribution in [-0.2, 0) is 0 Å². The Kier molecular flexibility index (Phi) is 4.78. The van der Waals surface area contributed by atoms with Crippen LogP contribution >= 0.6 is 15.9 Å². The number of benzene rings is 1. The molecule has 0 heterocycles. The van der Waals surface area contributed by atoms with Gasteiger partial charge in [-0.2, -0.15) is 13.2 Å². The first-order chi connectivity index (χ1) is 8.24. The summed E-state index contributed by atoms with van der Waals surface area (Å²) < 4.78 is 37.6. The van der Waals surface area contributed by atoms with Gasteiger partial charge in [0, 0.05) is 16.6 Å². The Balaban J connectivity index is 2.93. The molecule has 0 aromatic heterocycles. The van der Waals surface area contributed by atoms with E-state index in [-0.39, 0.29) is 12.1 Å². The van der Waals surface area contributed by atoms with E-state index in [1.165, 1.54) is 19.1 Å². The lowest BCUT2D eigenvalue weighted by Gasteiger charge is -2.22. The molecule has 1 aromatic carbocycles. The third-order valence-electron chi connectivity index (χ3n) is 2.46. The van der Waals surface area contributed by atoms with Crippen LogP contribution in [0.15, 0.2) is 22.7 Å². The fraction of sp³-hybridized carbons (Fsp3) is 0.417. The molecule has 0 bridgehead atoms. The fourth-order valence-electron chi connectivity index (χ4n) is 1.45. The zero-order chi connectivity index (χ0) is 13.9. The molecule has 0 unspecified atom stereocenters. The predicted molar refractivity (Wildman–Crippen MR) is 66.5 cm³/mol. The highest BCUT2D eigenvalue weighted by molar-refractivity contribution is 9.10. The number of carbonyl (C=O) groups is 1. The number of aryl methyl sites for hydroxylation is 1. The smallest absolute Gasteiger partial charge is 0.330 e. The molecule has 100 valence electrons. The van der Waals surface area contributed by atoms with Crippen molar-refractivity contribution in [2.24, 2.45) is 0 Å². The van der Waals surface area contributed by atoms with Crippen LogP contribution < -0.4 is 0 Å². The van der Waals surface area contributed by atoms with Gasteiger partial charge in [-0.1, -0.05) is 22.0 Å². The van der Waals surface area contributed by atoms with Crippen molar-refractivity contribution in [3.63, 3.8) is 0 Å². The second-order valence-electron chi connectivity index (χ2n) is 3.90.